The quantitative estimate of drug-likeness (QED) is 0.744. The zero-order chi connectivity index (χ0) is 19.8. The minimum Gasteiger partial charge on any atom is -0.316 e. The number of urea groups is 1. The van der Waals surface area contributed by atoms with Gasteiger partial charge in [-0.05, 0) is 62.4 Å². The van der Waals surface area contributed by atoms with Gasteiger partial charge in [-0.2, -0.15) is 0 Å². The molecule has 0 spiro atoms. The van der Waals surface area contributed by atoms with Crippen LogP contribution >= 0.6 is 0 Å². The number of imide groups is 1. The minimum absolute atomic E-state index is 0.0113. The molecule has 4 rings (SSSR count). The second kappa shape index (κ2) is 7.42. The molecule has 4 nitrogen and oxygen atoms in total. The van der Waals surface area contributed by atoms with Crippen molar-refractivity contribution in [3.05, 3.63) is 64.7 Å². The van der Waals surface area contributed by atoms with Crippen LogP contribution in [0.3, 0.4) is 0 Å². The van der Waals surface area contributed by atoms with Crippen LogP contribution in [0.25, 0.3) is 0 Å². The van der Waals surface area contributed by atoms with E-state index in [0.717, 1.165) is 42.4 Å². The number of benzene rings is 2. The summed E-state index contributed by atoms with van der Waals surface area (Å²) in [4.78, 5) is 30.2. The summed E-state index contributed by atoms with van der Waals surface area (Å²) in [6.45, 7) is 6.62. The van der Waals surface area contributed by atoms with Crippen LogP contribution in [-0.4, -0.2) is 22.9 Å². The van der Waals surface area contributed by atoms with E-state index in [1.807, 2.05) is 30.9 Å². The maximum atomic E-state index is 13.5. The molecule has 2 aromatic rings. The Balaban J connectivity index is 1.72. The Hall–Kier alpha value is -2.62. The largest absolute Gasteiger partial charge is 0.331 e. The molecule has 1 saturated heterocycles. The first-order valence-electron chi connectivity index (χ1n) is 10.2. The molecular weight excluding hydrogens is 348 g/mol. The van der Waals surface area contributed by atoms with Gasteiger partial charge >= 0.3 is 6.03 Å². The van der Waals surface area contributed by atoms with Gasteiger partial charge in [-0.25, -0.2) is 9.69 Å². The van der Waals surface area contributed by atoms with Gasteiger partial charge in [0.15, 0.2) is 0 Å². The maximum Gasteiger partial charge on any atom is 0.331 e. The number of carbonyl (C=O) groups is 2. The van der Waals surface area contributed by atoms with Crippen LogP contribution in [0, 0.1) is 26.7 Å². The van der Waals surface area contributed by atoms with Crippen LogP contribution in [0.4, 0.5) is 10.5 Å². The first kappa shape index (κ1) is 18.7. The van der Waals surface area contributed by atoms with Crippen LogP contribution in [0.5, 0.6) is 0 Å². The van der Waals surface area contributed by atoms with Crippen molar-refractivity contribution < 1.29 is 9.59 Å². The Morgan fingerprint density at radius 2 is 1.50 bits per heavy atom. The Kier molecular flexibility index (Phi) is 4.96. The van der Waals surface area contributed by atoms with E-state index in [4.69, 9.17) is 0 Å². The van der Waals surface area contributed by atoms with Crippen molar-refractivity contribution in [2.45, 2.75) is 59.0 Å². The van der Waals surface area contributed by atoms with Gasteiger partial charge in [0.25, 0.3) is 0 Å². The van der Waals surface area contributed by atoms with Gasteiger partial charge in [0.05, 0.1) is 11.6 Å². The van der Waals surface area contributed by atoms with Gasteiger partial charge in [0.2, 0.25) is 5.91 Å². The lowest BCUT2D eigenvalue weighted by molar-refractivity contribution is -0.126. The molecule has 2 aliphatic rings. The third kappa shape index (κ3) is 3.44. The SMILES string of the molecule is Cc1ccc(CN2C(=O)N(c3cc(C)cc(C)c3)C(=O)C3CCCCC32)cc1. The van der Waals surface area contributed by atoms with Crippen molar-refractivity contribution in [3.63, 3.8) is 0 Å². The van der Waals surface area contributed by atoms with Gasteiger partial charge in [0, 0.05) is 12.6 Å². The molecule has 2 atom stereocenters. The Morgan fingerprint density at radius 3 is 2.18 bits per heavy atom. The topological polar surface area (TPSA) is 40.6 Å². The molecule has 1 aliphatic heterocycles. The molecular formula is C24H28N2O2. The molecule has 3 amide bonds. The van der Waals surface area contributed by atoms with Crippen molar-refractivity contribution in [3.8, 4) is 0 Å². The smallest absolute Gasteiger partial charge is 0.316 e. The number of aryl methyl sites for hydroxylation is 3. The Bertz CT molecular complexity index is 883. The Labute approximate surface area is 167 Å². The molecule has 2 unspecified atom stereocenters. The molecule has 28 heavy (non-hydrogen) atoms. The molecule has 1 heterocycles. The summed E-state index contributed by atoms with van der Waals surface area (Å²) in [6.07, 6.45) is 3.91. The summed E-state index contributed by atoms with van der Waals surface area (Å²) in [6, 6.07) is 14.1. The first-order valence-corrected chi connectivity index (χ1v) is 10.2. The molecule has 1 aliphatic carbocycles. The number of amides is 3. The van der Waals surface area contributed by atoms with Crippen molar-refractivity contribution in [1.82, 2.24) is 4.90 Å². The molecule has 0 N–H and O–H groups in total. The number of hydrogen-bond acceptors (Lipinski definition) is 2. The van der Waals surface area contributed by atoms with Crippen LogP contribution in [0.2, 0.25) is 0 Å². The molecule has 0 bridgehead atoms. The van der Waals surface area contributed by atoms with Crippen LogP contribution in [0.15, 0.2) is 42.5 Å². The monoisotopic (exact) mass is 376 g/mol. The van der Waals surface area contributed by atoms with Gasteiger partial charge in [-0.15, -0.1) is 0 Å². The van der Waals surface area contributed by atoms with E-state index >= 15 is 0 Å². The van der Waals surface area contributed by atoms with E-state index in [1.165, 1.54) is 10.5 Å². The minimum atomic E-state index is -0.182. The number of fused-ring (bicyclic) bond motifs is 1. The van der Waals surface area contributed by atoms with E-state index < -0.39 is 0 Å². The molecule has 2 fully saturated rings. The highest BCUT2D eigenvalue weighted by atomic mass is 16.2. The average molecular weight is 377 g/mol. The standard InChI is InChI=1S/C24H28N2O2/c1-16-8-10-19(11-9-16)15-25-22-7-5-4-6-21(22)23(27)26(24(25)28)20-13-17(2)12-18(3)14-20/h8-14,21-22H,4-7,15H2,1-3H3. The lowest BCUT2D eigenvalue weighted by atomic mass is 9.81. The van der Waals surface area contributed by atoms with Crippen LogP contribution < -0.4 is 4.90 Å². The number of anilines is 1. The molecule has 0 aromatic heterocycles. The third-order valence-electron chi connectivity index (χ3n) is 6.04. The number of hydrogen-bond donors (Lipinski definition) is 0. The summed E-state index contributed by atoms with van der Waals surface area (Å²) in [5, 5.41) is 0. The lowest BCUT2D eigenvalue weighted by Crippen LogP contribution is -2.62. The van der Waals surface area contributed by atoms with Crippen molar-refractivity contribution in [2.24, 2.45) is 5.92 Å². The summed E-state index contributed by atoms with van der Waals surface area (Å²) in [5.41, 5.74) is 5.14. The molecule has 4 heteroatoms. The highest BCUT2D eigenvalue weighted by molar-refractivity contribution is 6.17. The fourth-order valence-electron chi connectivity index (χ4n) is 4.70. The normalized spacial score (nSPS) is 22.4. The van der Waals surface area contributed by atoms with Gasteiger partial charge in [-0.1, -0.05) is 48.7 Å². The summed E-state index contributed by atoms with van der Waals surface area (Å²) in [7, 11) is 0. The van der Waals surface area contributed by atoms with E-state index in [1.54, 1.807) is 0 Å². The van der Waals surface area contributed by atoms with E-state index in [0.29, 0.717) is 12.2 Å². The number of rotatable bonds is 3. The fraction of sp³-hybridized carbons (Fsp3) is 0.417. The van der Waals surface area contributed by atoms with Crippen molar-refractivity contribution >= 4 is 17.6 Å². The Morgan fingerprint density at radius 1 is 0.857 bits per heavy atom. The van der Waals surface area contributed by atoms with Gasteiger partial charge in [-0.3, -0.25) is 4.79 Å². The highest BCUT2D eigenvalue weighted by Crippen LogP contribution is 2.37. The second-order valence-electron chi connectivity index (χ2n) is 8.37. The van der Waals surface area contributed by atoms with Gasteiger partial charge in [0.1, 0.15) is 0 Å². The molecule has 146 valence electrons. The first-order chi connectivity index (χ1) is 13.4. The fourth-order valence-corrected chi connectivity index (χ4v) is 4.70. The van der Waals surface area contributed by atoms with Gasteiger partial charge < -0.3 is 4.90 Å². The average Bonchev–Trinajstić information content (AvgIpc) is 2.66. The summed E-state index contributed by atoms with van der Waals surface area (Å²) in [5.74, 6) is -0.127. The van der Waals surface area contributed by atoms with E-state index in [9.17, 15) is 9.59 Å². The number of carbonyl (C=O) groups excluding carboxylic acids is 2. The van der Waals surface area contributed by atoms with E-state index in [2.05, 4.69) is 37.3 Å². The highest BCUT2D eigenvalue weighted by Gasteiger charge is 2.47. The third-order valence-corrected chi connectivity index (χ3v) is 6.04. The maximum absolute atomic E-state index is 13.5. The predicted octanol–water partition coefficient (Wildman–Crippen LogP) is 5.14. The summed E-state index contributed by atoms with van der Waals surface area (Å²) < 4.78 is 0. The second-order valence-corrected chi connectivity index (χ2v) is 8.37. The molecule has 0 radical (unpaired) electrons. The van der Waals surface area contributed by atoms with Crippen LogP contribution in [-0.2, 0) is 11.3 Å². The zero-order valence-corrected chi connectivity index (χ0v) is 16.9. The molecule has 1 saturated carbocycles. The lowest BCUT2D eigenvalue weighted by Gasteiger charge is -2.47. The summed E-state index contributed by atoms with van der Waals surface area (Å²) >= 11 is 0. The van der Waals surface area contributed by atoms with Crippen molar-refractivity contribution in [2.75, 3.05) is 4.90 Å². The van der Waals surface area contributed by atoms with Crippen LogP contribution in [0.1, 0.15) is 47.9 Å². The zero-order valence-electron chi connectivity index (χ0n) is 16.9. The van der Waals surface area contributed by atoms with E-state index in [-0.39, 0.29) is 23.9 Å². The van der Waals surface area contributed by atoms with Crippen molar-refractivity contribution in [1.29, 1.82) is 0 Å². The predicted molar refractivity (Wildman–Crippen MR) is 111 cm³/mol. The number of nitrogens with zero attached hydrogens (tertiary/aromatic N) is 2. The molecule has 2 aromatic carbocycles.